The minimum absolute atomic E-state index is 0.251. The molecule has 1 aromatic carbocycles. The van der Waals surface area contributed by atoms with Gasteiger partial charge in [-0.15, -0.1) is 0 Å². The Morgan fingerprint density at radius 2 is 2.05 bits per heavy atom. The number of carboxylic acid groups (broad SMARTS) is 1. The van der Waals surface area contributed by atoms with Gasteiger partial charge < -0.3 is 15.2 Å². The molecule has 0 unspecified atom stereocenters. The van der Waals surface area contributed by atoms with Crippen molar-refractivity contribution in [2.45, 2.75) is 24.8 Å². The molecular weight excluding hydrogens is 270 g/mol. The van der Waals surface area contributed by atoms with Gasteiger partial charge in [-0.1, -0.05) is 23.7 Å². The van der Waals surface area contributed by atoms with Gasteiger partial charge in [0.1, 0.15) is 11.3 Å². The van der Waals surface area contributed by atoms with Crippen LogP contribution in [0.3, 0.4) is 0 Å². The van der Waals surface area contributed by atoms with Crippen LogP contribution < -0.4 is 10.1 Å². The number of halogens is 1. The third-order valence-corrected chi connectivity index (χ3v) is 3.50. The van der Waals surface area contributed by atoms with Crippen LogP contribution >= 0.6 is 11.6 Å². The molecule has 0 aromatic heterocycles. The highest BCUT2D eigenvalue weighted by Gasteiger charge is 2.45. The highest BCUT2D eigenvalue weighted by atomic mass is 35.5. The molecule has 0 atom stereocenters. The second kappa shape index (κ2) is 5.48. The maximum absolute atomic E-state index is 11.7. The molecule has 102 valence electrons. The molecule has 1 amide bonds. The van der Waals surface area contributed by atoms with Crippen LogP contribution in [-0.2, 0) is 9.59 Å². The summed E-state index contributed by atoms with van der Waals surface area (Å²) in [5.41, 5.74) is -1.11. The fourth-order valence-corrected chi connectivity index (χ4v) is 2.12. The van der Waals surface area contributed by atoms with Crippen LogP contribution in [-0.4, -0.2) is 29.1 Å². The molecule has 1 aromatic rings. The SMILES string of the molecule is O=C(COc1ccccc1Cl)NC1(C(=O)O)CCC1. The van der Waals surface area contributed by atoms with Gasteiger partial charge >= 0.3 is 5.97 Å². The van der Waals surface area contributed by atoms with Crippen LogP contribution in [0.4, 0.5) is 0 Å². The number of para-hydroxylation sites is 1. The molecule has 0 bridgehead atoms. The van der Waals surface area contributed by atoms with Crippen LogP contribution in [0, 0.1) is 0 Å². The third-order valence-electron chi connectivity index (χ3n) is 3.19. The smallest absolute Gasteiger partial charge is 0.329 e. The number of rotatable bonds is 5. The number of aliphatic carboxylic acids is 1. The summed E-state index contributed by atoms with van der Waals surface area (Å²) in [5.74, 6) is -1.05. The number of carbonyl (C=O) groups excluding carboxylic acids is 1. The molecule has 1 aliphatic rings. The molecule has 2 rings (SSSR count). The van der Waals surface area contributed by atoms with Crippen molar-refractivity contribution >= 4 is 23.5 Å². The minimum Gasteiger partial charge on any atom is -0.482 e. The molecule has 0 heterocycles. The van der Waals surface area contributed by atoms with Crippen molar-refractivity contribution in [3.05, 3.63) is 29.3 Å². The first-order chi connectivity index (χ1) is 9.03. The van der Waals surface area contributed by atoms with Gasteiger partial charge in [-0.05, 0) is 31.4 Å². The fourth-order valence-electron chi connectivity index (χ4n) is 1.93. The van der Waals surface area contributed by atoms with Gasteiger partial charge in [0.2, 0.25) is 0 Å². The van der Waals surface area contributed by atoms with Crippen LogP contribution in [0.1, 0.15) is 19.3 Å². The number of amides is 1. The van der Waals surface area contributed by atoms with Crippen LogP contribution in [0.2, 0.25) is 5.02 Å². The lowest BCUT2D eigenvalue weighted by molar-refractivity contribution is -0.152. The molecule has 5 nitrogen and oxygen atoms in total. The van der Waals surface area contributed by atoms with E-state index < -0.39 is 17.4 Å². The van der Waals surface area contributed by atoms with E-state index in [4.69, 9.17) is 21.4 Å². The summed E-state index contributed by atoms with van der Waals surface area (Å²) in [6.07, 6.45) is 1.72. The molecule has 19 heavy (non-hydrogen) atoms. The molecular formula is C13H14ClNO4. The highest BCUT2D eigenvalue weighted by Crippen LogP contribution is 2.32. The second-order valence-corrected chi connectivity index (χ2v) is 4.92. The zero-order valence-electron chi connectivity index (χ0n) is 10.2. The zero-order chi connectivity index (χ0) is 13.9. The summed E-state index contributed by atoms with van der Waals surface area (Å²) in [6, 6.07) is 6.79. The van der Waals surface area contributed by atoms with Crippen LogP contribution in [0.5, 0.6) is 5.75 Å². The van der Waals surface area contributed by atoms with Crippen molar-refractivity contribution in [2.24, 2.45) is 0 Å². The summed E-state index contributed by atoms with van der Waals surface area (Å²) in [4.78, 5) is 22.8. The van der Waals surface area contributed by atoms with Crippen molar-refractivity contribution in [1.82, 2.24) is 5.32 Å². The summed E-state index contributed by atoms with van der Waals surface area (Å²) >= 11 is 5.88. The van der Waals surface area contributed by atoms with E-state index in [1.54, 1.807) is 24.3 Å². The van der Waals surface area contributed by atoms with Crippen molar-refractivity contribution in [3.63, 3.8) is 0 Å². The summed E-state index contributed by atoms with van der Waals surface area (Å²) < 4.78 is 5.26. The quantitative estimate of drug-likeness (QED) is 0.864. The number of carboxylic acids is 1. The predicted octanol–water partition coefficient (Wildman–Crippen LogP) is 1.84. The number of ether oxygens (including phenoxy) is 1. The number of hydrogen-bond acceptors (Lipinski definition) is 3. The average Bonchev–Trinajstić information content (AvgIpc) is 2.32. The molecule has 0 spiro atoms. The van der Waals surface area contributed by atoms with E-state index in [9.17, 15) is 9.59 Å². The summed E-state index contributed by atoms with van der Waals surface area (Å²) in [7, 11) is 0. The van der Waals surface area contributed by atoms with Crippen molar-refractivity contribution in [3.8, 4) is 5.75 Å². The second-order valence-electron chi connectivity index (χ2n) is 4.51. The molecule has 0 radical (unpaired) electrons. The number of hydrogen-bond donors (Lipinski definition) is 2. The first kappa shape index (κ1) is 13.7. The van der Waals surface area contributed by atoms with E-state index in [1.165, 1.54) is 0 Å². The van der Waals surface area contributed by atoms with Crippen LogP contribution in [0.15, 0.2) is 24.3 Å². The molecule has 1 fully saturated rings. The topological polar surface area (TPSA) is 75.6 Å². The van der Waals surface area contributed by atoms with E-state index in [0.717, 1.165) is 6.42 Å². The van der Waals surface area contributed by atoms with Gasteiger partial charge in [0.25, 0.3) is 5.91 Å². The molecule has 6 heteroatoms. The van der Waals surface area contributed by atoms with Gasteiger partial charge in [0, 0.05) is 0 Å². The number of carbonyl (C=O) groups is 2. The maximum atomic E-state index is 11.7. The Morgan fingerprint density at radius 1 is 1.37 bits per heavy atom. The Hall–Kier alpha value is -1.75. The summed E-state index contributed by atoms with van der Waals surface area (Å²) in [6.45, 7) is -0.251. The normalized spacial score (nSPS) is 16.3. The molecule has 1 saturated carbocycles. The zero-order valence-corrected chi connectivity index (χ0v) is 10.9. The lowest BCUT2D eigenvalue weighted by atomic mass is 9.77. The van der Waals surface area contributed by atoms with Crippen molar-refractivity contribution in [2.75, 3.05) is 6.61 Å². The number of benzene rings is 1. The lowest BCUT2D eigenvalue weighted by Crippen LogP contribution is -2.59. The molecule has 2 N–H and O–H groups in total. The average molecular weight is 284 g/mol. The summed E-state index contributed by atoms with van der Waals surface area (Å²) in [5, 5.41) is 12.0. The highest BCUT2D eigenvalue weighted by molar-refractivity contribution is 6.32. The first-order valence-corrected chi connectivity index (χ1v) is 6.33. The first-order valence-electron chi connectivity index (χ1n) is 5.95. The van der Waals surface area contributed by atoms with Gasteiger partial charge in [0.15, 0.2) is 6.61 Å². The molecule has 0 aliphatic heterocycles. The Morgan fingerprint density at radius 3 is 2.58 bits per heavy atom. The monoisotopic (exact) mass is 283 g/mol. The van der Waals surface area contributed by atoms with Gasteiger partial charge in [-0.2, -0.15) is 0 Å². The van der Waals surface area contributed by atoms with E-state index >= 15 is 0 Å². The Labute approximate surface area is 115 Å². The van der Waals surface area contributed by atoms with Gasteiger partial charge in [-0.25, -0.2) is 4.79 Å². The van der Waals surface area contributed by atoms with E-state index in [-0.39, 0.29) is 6.61 Å². The van der Waals surface area contributed by atoms with E-state index in [2.05, 4.69) is 5.32 Å². The Bertz CT molecular complexity index is 499. The molecule has 1 aliphatic carbocycles. The number of nitrogens with one attached hydrogen (secondary N) is 1. The molecule has 0 saturated heterocycles. The maximum Gasteiger partial charge on any atom is 0.329 e. The predicted molar refractivity (Wildman–Crippen MR) is 69.3 cm³/mol. The lowest BCUT2D eigenvalue weighted by Gasteiger charge is -2.38. The van der Waals surface area contributed by atoms with E-state index in [0.29, 0.717) is 23.6 Å². The van der Waals surface area contributed by atoms with Crippen molar-refractivity contribution < 1.29 is 19.4 Å². The fraction of sp³-hybridized carbons (Fsp3) is 0.385. The third kappa shape index (κ3) is 2.98. The van der Waals surface area contributed by atoms with Crippen LogP contribution in [0.25, 0.3) is 0 Å². The minimum atomic E-state index is -1.11. The Balaban J connectivity index is 1.89. The van der Waals surface area contributed by atoms with Gasteiger partial charge in [-0.3, -0.25) is 4.79 Å². The Kier molecular flexibility index (Phi) is 3.95. The van der Waals surface area contributed by atoms with E-state index in [1.807, 2.05) is 0 Å². The van der Waals surface area contributed by atoms with Gasteiger partial charge in [0.05, 0.1) is 5.02 Å². The standard InChI is InChI=1S/C13H14ClNO4/c14-9-4-1-2-5-10(9)19-8-11(16)15-13(12(17)18)6-3-7-13/h1-2,4-5H,3,6-8H2,(H,15,16)(H,17,18). The van der Waals surface area contributed by atoms with Crippen molar-refractivity contribution in [1.29, 1.82) is 0 Å². The largest absolute Gasteiger partial charge is 0.482 e.